The molecule has 1 unspecified atom stereocenters. The van der Waals surface area contributed by atoms with Gasteiger partial charge in [-0.2, -0.15) is 18.3 Å². The molecule has 32 heavy (non-hydrogen) atoms. The van der Waals surface area contributed by atoms with Crippen molar-refractivity contribution >= 4 is 35.0 Å². The Balaban J connectivity index is 2.03. The van der Waals surface area contributed by atoms with Crippen LogP contribution in [-0.4, -0.2) is 35.9 Å². The van der Waals surface area contributed by atoms with E-state index < -0.39 is 34.2 Å². The van der Waals surface area contributed by atoms with E-state index in [0.717, 1.165) is 17.1 Å². The number of esters is 1. The maximum absolute atomic E-state index is 13.1. The topological polar surface area (TPSA) is 71.0 Å². The van der Waals surface area contributed by atoms with Crippen molar-refractivity contribution in [1.82, 2.24) is 5.01 Å². The number of urea groups is 1. The third-order valence-electron chi connectivity index (χ3n) is 5.17. The van der Waals surface area contributed by atoms with E-state index in [2.05, 4.69) is 10.4 Å². The molecule has 10 heteroatoms. The summed E-state index contributed by atoms with van der Waals surface area (Å²) >= 11 is 5.89. The van der Waals surface area contributed by atoms with E-state index in [-0.39, 0.29) is 30.8 Å². The molecule has 0 aromatic heterocycles. The molecule has 1 N–H and O–H groups in total. The quantitative estimate of drug-likeness (QED) is 0.584. The Bertz CT molecular complexity index is 1040. The molecule has 0 aliphatic carbocycles. The SMILES string of the molecule is CCOC(=O)C1(CC)CN(C(=O)Nc2ccccc2)N=C1c1ccc(C(F)(F)F)c(Cl)c1. The van der Waals surface area contributed by atoms with Crippen LogP contribution in [0.2, 0.25) is 5.02 Å². The number of benzene rings is 2. The minimum Gasteiger partial charge on any atom is -0.465 e. The fourth-order valence-electron chi connectivity index (χ4n) is 3.49. The highest BCUT2D eigenvalue weighted by Crippen LogP contribution is 2.40. The van der Waals surface area contributed by atoms with Crippen molar-refractivity contribution in [2.45, 2.75) is 26.4 Å². The van der Waals surface area contributed by atoms with E-state index >= 15 is 0 Å². The normalized spacial score (nSPS) is 18.3. The van der Waals surface area contributed by atoms with Gasteiger partial charge < -0.3 is 10.1 Å². The summed E-state index contributed by atoms with van der Waals surface area (Å²) in [7, 11) is 0. The number of ether oxygens (including phenoxy) is 1. The molecule has 2 aromatic rings. The first-order valence-corrected chi connectivity index (χ1v) is 10.3. The molecule has 170 valence electrons. The standard InChI is InChI=1S/C22H21ClF3N3O3/c1-3-21(19(30)32-4-2)13-29(20(31)27-15-8-6-5-7-9-15)28-18(21)14-10-11-16(17(23)12-14)22(24,25)26/h5-12H,3-4,13H2,1-2H3,(H,27,31). The summed E-state index contributed by atoms with van der Waals surface area (Å²) in [6, 6.07) is 11.2. The van der Waals surface area contributed by atoms with Gasteiger partial charge in [-0.25, -0.2) is 9.80 Å². The summed E-state index contributed by atoms with van der Waals surface area (Å²) in [6.45, 7) is 3.32. The van der Waals surface area contributed by atoms with E-state index in [9.17, 15) is 22.8 Å². The second kappa shape index (κ2) is 9.20. The Morgan fingerprint density at radius 3 is 2.44 bits per heavy atom. The second-order valence-electron chi connectivity index (χ2n) is 7.15. The first-order valence-electron chi connectivity index (χ1n) is 9.89. The molecule has 6 nitrogen and oxygen atoms in total. The fraction of sp³-hybridized carbons (Fsp3) is 0.318. The van der Waals surface area contributed by atoms with Crippen molar-refractivity contribution in [2.75, 3.05) is 18.5 Å². The lowest BCUT2D eigenvalue weighted by Gasteiger charge is -2.27. The molecule has 0 radical (unpaired) electrons. The maximum atomic E-state index is 13.1. The monoisotopic (exact) mass is 467 g/mol. The Kier molecular flexibility index (Phi) is 6.78. The third kappa shape index (κ3) is 4.57. The largest absolute Gasteiger partial charge is 0.465 e. The molecular formula is C22H21ClF3N3O3. The van der Waals surface area contributed by atoms with E-state index in [1.165, 1.54) is 6.07 Å². The van der Waals surface area contributed by atoms with Gasteiger partial charge in [-0.1, -0.05) is 42.8 Å². The van der Waals surface area contributed by atoms with Gasteiger partial charge in [0.05, 0.1) is 29.4 Å². The van der Waals surface area contributed by atoms with Crippen molar-refractivity contribution < 1.29 is 27.5 Å². The molecule has 0 saturated heterocycles. The predicted molar refractivity (Wildman–Crippen MR) is 115 cm³/mol. The number of anilines is 1. The smallest absolute Gasteiger partial charge is 0.417 e. The van der Waals surface area contributed by atoms with Crippen molar-refractivity contribution in [3.05, 3.63) is 64.7 Å². The van der Waals surface area contributed by atoms with E-state index in [0.29, 0.717) is 5.69 Å². The average molecular weight is 468 g/mol. The second-order valence-corrected chi connectivity index (χ2v) is 7.56. The maximum Gasteiger partial charge on any atom is 0.417 e. The summed E-state index contributed by atoms with van der Waals surface area (Å²) in [5.41, 5.74) is -1.51. The number of hydrazone groups is 1. The average Bonchev–Trinajstić information content (AvgIpc) is 3.15. The first-order chi connectivity index (χ1) is 15.1. The lowest BCUT2D eigenvalue weighted by atomic mass is 9.77. The Morgan fingerprint density at radius 2 is 1.88 bits per heavy atom. The number of halogens is 4. The zero-order valence-electron chi connectivity index (χ0n) is 17.4. The fourth-order valence-corrected chi connectivity index (χ4v) is 3.78. The Hall–Kier alpha value is -3.07. The molecule has 1 heterocycles. The minimum absolute atomic E-state index is 0.0951. The van der Waals surface area contributed by atoms with Crippen molar-refractivity contribution in [2.24, 2.45) is 10.5 Å². The first kappa shape index (κ1) is 23.6. The van der Waals surface area contributed by atoms with Gasteiger partial charge in [-0.05, 0) is 37.6 Å². The lowest BCUT2D eigenvalue weighted by Crippen LogP contribution is -2.44. The molecule has 3 rings (SSSR count). The highest BCUT2D eigenvalue weighted by atomic mass is 35.5. The van der Waals surface area contributed by atoms with Crippen LogP contribution in [0.4, 0.5) is 23.7 Å². The number of carbonyl (C=O) groups is 2. The number of nitrogens with zero attached hydrogens (tertiary/aromatic N) is 2. The molecule has 2 aromatic carbocycles. The molecule has 1 atom stereocenters. The number of hydrogen-bond donors (Lipinski definition) is 1. The molecule has 0 fully saturated rings. The van der Waals surface area contributed by atoms with Gasteiger partial charge in [0.15, 0.2) is 0 Å². The summed E-state index contributed by atoms with van der Waals surface area (Å²) in [4.78, 5) is 25.8. The molecule has 1 aliphatic rings. The third-order valence-corrected chi connectivity index (χ3v) is 5.48. The summed E-state index contributed by atoms with van der Waals surface area (Å²) in [5, 5.41) is 7.54. The van der Waals surface area contributed by atoms with E-state index in [1.807, 2.05) is 0 Å². The van der Waals surface area contributed by atoms with Crippen molar-refractivity contribution in [3.8, 4) is 0 Å². The Morgan fingerprint density at radius 1 is 1.19 bits per heavy atom. The number of nitrogens with one attached hydrogen (secondary N) is 1. The van der Waals surface area contributed by atoms with Crippen LogP contribution in [0, 0.1) is 5.41 Å². The van der Waals surface area contributed by atoms with Crippen LogP contribution in [-0.2, 0) is 15.7 Å². The van der Waals surface area contributed by atoms with Gasteiger partial charge in [-0.3, -0.25) is 4.79 Å². The summed E-state index contributed by atoms with van der Waals surface area (Å²) in [6.07, 6.45) is -4.42. The summed E-state index contributed by atoms with van der Waals surface area (Å²) < 4.78 is 44.6. The minimum atomic E-state index is -4.63. The lowest BCUT2D eigenvalue weighted by molar-refractivity contribution is -0.151. The van der Waals surface area contributed by atoms with Gasteiger partial charge >= 0.3 is 18.2 Å². The summed E-state index contributed by atoms with van der Waals surface area (Å²) in [5.74, 6) is -0.618. The molecule has 0 saturated carbocycles. The zero-order chi connectivity index (χ0) is 23.5. The number of hydrogen-bond acceptors (Lipinski definition) is 4. The van der Waals surface area contributed by atoms with Gasteiger partial charge in [0, 0.05) is 11.3 Å². The molecule has 0 bridgehead atoms. The molecule has 2 amide bonds. The number of carbonyl (C=O) groups excluding carboxylic acids is 2. The molecule has 0 spiro atoms. The van der Waals surface area contributed by atoms with Gasteiger partial charge in [-0.15, -0.1) is 0 Å². The van der Waals surface area contributed by atoms with Crippen LogP contribution in [0.15, 0.2) is 53.6 Å². The van der Waals surface area contributed by atoms with Crippen LogP contribution in [0.25, 0.3) is 0 Å². The molecule has 1 aliphatic heterocycles. The van der Waals surface area contributed by atoms with E-state index in [1.54, 1.807) is 44.2 Å². The van der Waals surface area contributed by atoms with Crippen molar-refractivity contribution in [1.29, 1.82) is 0 Å². The zero-order valence-corrected chi connectivity index (χ0v) is 18.1. The predicted octanol–water partition coefficient (Wildman–Crippen LogP) is 5.57. The highest BCUT2D eigenvalue weighted by molar-refractivity contribution is 6.32. The van der Waals surface area contributed by atoms with Crippen molar-refractivity contribution in [3.63, 3.8) is 0 Å². The van der Waals surface area contributed by atoms with Crippen LogP contribution in [0.3, 0.4) is 0 Å². The van der Waals surface area contributed by atoms with E-state index in [4.69, 9.17) is 16.3 Å². The van der Waals surface area contributed by atoms with Crippen LogP contribution in [0.5, 0.6) is 0 Å². The number of rotatable bonds is 5. The van der Waals surface area contributed by atoms with Gasteiger partial charge in [0.2, 0.25) is 0 Å². The van der Waals surface area contributed by atoms with Crippen LogP contribution in [0.1, 0.15) is 31.4 Å². The van der Waals surface area contributed by atoms with Gasteiger partial charge in [0.25, 0.3) is 0 Å². The van der Waals surface area contributed by atoms with Crippen LogP contribution < -0.4 is 5.32 Å². The van der Waals surface area contributed by atoms with Gasteiger partial charge in [0.1, 0.15) is 5.41 Å². The highest BCUT2D eigenvalue weighted by Gasteiger charge is 2.51. The number of amides is 2. The number of para-hydroxylation sites is 1. The number of alkyl halides is 3. The molecular weight excluding hydrogens is 447 g/mol. The van der Waals surface area contributed by atoms with Crippen LogP contribution >= 0.6 is 11.6 Å². The Labute approximate surface area is 188 Å².